The van der Waals surface area contributed by atoms with E-state index in [1.165, 1.54) is 13.1 Å². The van der Waals surface area contributed by atoms with Crippen molar-refractivity contribution in [2.24, 2.45) is 5.92 Å². The molecule has 1 aliphatic rings. The van der Waals surface area contributed by atoms with Crippen LogP contribution in [0.2, 0.25) is 0 Å². The van der Waals surface area contributed by atoms with E-state index >= 15 is 0 Å². The van der Waals surface area contributed by atoms with E-state index in [2.05, 4.69) is 31.0 Å². The van der Waals surface area contributed by atoms with Crippen LogP contribution in [-0.4, -0.2) is 18.0 Å². The van der Waals surface area contributed by atoms with Crippen LogP contribution in [0.5, 0.6) is 0 Å². The Hall–Kier alpha value is -0.460. The predicted molar refractivity (Wildman–Crippen MR) is 35.6 cm³/mol. The number of hydrogen-bond acceptors (Lipinski definition) is 1. The van der Waals surface area contributed by atoms with Crippen LogP contribution < -0.4 is 0 Å². The highest BCUT2D eigenvalue weighted by molar-refractivity contribution is 4.91. The standard InChI is InChI=1S/C7H13N/c1-7(2)3-4-8-5-6-8/h3-4,7H,5-6H2,1-2H3/b4-3+. The fourth-order valence-electron chi connectivity index (χ4n) is 0.501. The van der Waals surface area contributed by atoms with Gasteiger partial charge in [0.05, 0.1) is 0 Å². The zero-order chi connectivity index (χ0) is 5.98. The van der Waals surface area contributed by atoms with Crippen LogP contribution in [0, 0.1) is 5.92 Å². The molecule has 8 heavy (non-hydrogen) atoms. The normalized spacial score (nSPS) is 18.6. The Morgan fingerprint density at radius 2 is 2.00 bits per heavy atom. The van der Waals surface area contributed by atoms with E-state index in [1.54, 1.807) is 0 Å². The van der Waals surface area contributed by atoms with Gasteiger partial charge in [0.15, 0.2) is 0 Å². The van der Waals surface area contributed by atoms with Crippen LogP contribution in [0.3, 0.4) is 0 Å². The summed E-state index contributed by atoms with van der Waals surface area (Å²) in [7, 11) is 0. The highest BCUT2D eigenvalue weighted by Crippen LogP contribution is 2.05. The van der Waals surface area contributed by atoms with Crippen LogP contribution in [0.15, 0.2) is 12.3 Å². The van der Waals surface area contributed by atoms with Crippen molar-refractivity contribution in [1.29, 1.82) is 0 Å². The first-order valence-electron chi connectivity index (χ1n) is 3.21. The van der Waals surface area contributed by atoms with E-state index in [1.807, 2.05) is 0 Å². The molecule has 0 aromatic carbocycles. The highest BCUT2D eigenvalue weighted by Gasteiger charge is 2.10. The SMILES string of the molecule is CC(C)/C=C/N1CC1. The number of nitrogens with zero attached hydrogens (tertiary/aromatic N) is 1. The van der Waals surface area contributed by atoms with E-state index in [4.69, 9.17) is 0 Å². The third-order valence-electron chi connectivity index (χ3n) is 1.16. The van der Waals surface area contributed by atoms with Gasteiger partial charge in [0.25, 0.3) is 0 Å². The molecule has 1 aliphatic heterocycles. The molecule has 0 N–H and O–H groups in total. The van der Waals surface area contributed by atoms with Crippen molar-refractivity contribution in [1.82, 2.24) is 4.90 Å². The third kappa shape index (κ3) is 2.01. The number of hydrogen-bond donors (Lipinski definition) is 0. The van der Waals surface area contributed by atoms with Crippen LogP contribution >= 0.6 is 0 Å². The van der Waals surface area contributed by atoms with E-state index in [-0.39, 0.29) is 0 Å². The lowest BCUT2D eigenvalue weighted by molar-refractivity contribution is 0.737. The molecule has 0 atom stereocenters. The molecule has 1 nitrogen and oxygen atoms in total. The Balaban J connectivity index is 2.13. The Labute approximate surface area is 51.0 Å². The molecule has 46 valence electrons. The average Bonchev–Trinajstić information content (AvgIpc) is 2.41. The van der Waals surface area contributed by atoms with E-state index in [9.17, 15) is 0 Å². The van der Waals surface area contributed by atoms with Gasteiger partial charge in [-0.15, -0.1) is 0 Å². The van der Waals surface area contributed by atoms with Crippen LogP contribution in [0.1, 0.15) is 13.8 Å². The summed E-state index contributed by atoms with van der Waals surface area (Å²) in [5.74, 6) is 0.704. The lowest BCUT2D eigenvalue weighted by Crippen LogP contribution is -1.83. The lowest BCUT2D eigenvalue weighted by atomic mass is 10.2. The van der Waals surface area contributed by atoms with Crippen LogP contribution in [0.4, 0.5) is 0 Å². The first kappa shape index (κ1) is 5.67. The van der Waals surface area contributed by atoms with Gasteiger partial charge in [-0.1, -0.05) is 19.9 Å². The summed E-state index contributed by atoms with van der Waals surface area (Å²) in [6.45, 7) is 6.92. The minimum Gasteiger partial charge on any atom is -0.374 e. The summed E-state index contributed by atoms with van der Waals surface area (Å²) in [4.78, 5) is 2.29. The fourth-order valence-corrected chi connectivity index (χ4v) is 0.501. The van der Waals surface area contributed by atoms with Gasteiger partial charge in [0, 0.05) is 13.1 Å². The van der Waals surface area contributed by atoms with Crippen molar-refractivity contribution in [3.63, 3.8) is 0 Å². The second kappa shape index (κ2) is 2.21. The van der Waals surface area contributed by atoms with Gasteiger partial charge in [-0.25, -0.2) is 0 Å². The summed E-state index contributed by atoms with van der Waals surface area (Å²) < 4.78 is 0. The first-order valence-corrected chi connectivity index (χ1v) is 3.21. The molecule has 0 radical (unpaired) electrons. The first-order chi connectivity index (χ1) is 3.79. The summed E-state index contributed by atoms with van der Waals surface area (Å²) in [6, 6.07) is 0. The van der Waals surface area contributed by atoms with Gasteiger partial charge in [0.2, 0.25) is 0 Å². The van der Waals surface area contributed by atoms with Gasteiger partial charge in [-0.05, 0) is 12.1 Å². The Kier molecular flexibility index (Phi) is 1.56. The fraction of sp³-hybridized carbons (Fsp3) is 0.714. The van der Waals surface area contributed by atoms with Crippen molar-refractivity contribution in [2.45, 2.75) is 13.8 Å². The molecule has 0 bridgehead atoms. The molecule has 0 spiro atoms. The molecular formula is C7H13N. The second-order valence-corrected chi connectivity index (χ2v) is 2.62. The zero-order valence-electron chi connectivity index (χ0n) is 5.59. The quantitative estimate of drug-likeness (QED) is 0.488. The molecule has 1 heteroatoms. The van der Waals surface area contributed by atoms with Gasteiger partial charge >= 0.3 is 0 Å². The van der Waals surface area contributed by atoms with Crippen LogP contribution in [-0.2, 0) is 0 Å². The van der Waals surface area contributed by atoms with Crippen LogP contribution in [0.25, 0.3) is 0 Å². The molecule has 1 heterocycles. The maximum atomic E-state index is 2.29. The van der Waals surface area contributed by atoms with E-state index < -0.39 is 0 Å². The van der Waals surface area contributed by atoms with Gasteiger partial charge in [0.1, 0.15) is 0 Å². The smallest absolute Gasteiger partial charge is 0.0349 e. The highest BCUT2D eigenvalue weighted by atomic mass is 15.2. The van der Waals surface area contributed by atoms with Crippen molar-refractivity contribution >= 4 is 0 Å². The monoisotopic (exact) mass is 111 g/mol. The summed E-state index contributed by atoms with van der Waals surface area (Å²) in [6.07, 6.45) is 4.41. The summed E-state index contributed by atoms with van der Waals surface area (Å²) in [5.41, 5.74) is 0. The summed E-state index contributed by atoms with van der Waals surface area (Å²) >= 11 is 0. The average molecular weight is 111 g/mol. The van der Waals surface area contributed by atoms with E-state index in [0.29, 0.717) is 5.92 Å². The second-order valence-electron chi connectivity index (χ2n) is 2.62. The number of allylic oxidation sites excluding steroid dienone is 1. The molecule has 0 aliphatic carbocycles. The molecule has 0 amide bonds. The van der Waals surface area contributed by atoms with E-state index in [0.717, 1.165) is 0 Å². The van der Waals surface area contributed by atoms with Crippen molar-refractivity contribution in [3.05, 3.63) is 12.3 Å². The zero-order valence-corrected chi connectivity index (χ0v) is 5.59. The van der Waals surface area contributed by atoms with Crippen molar-refractivity contribution in [3.8, 4) is 0 Å². The maximum Gasteiger partial charge on any atom is 0.0349 e. The topological polar surface area (TPSA) is 3.01 Å². The number of rotatable bonds is 2. The molecular weight excluding hydrogens is 98.1 g/mol. The minimum absolute atomic E-state index is 0.704. The predicted octanol–water partition coefficient (Wildman–Crippen LogP) is 1.47. The maximum absolute atomic E-state index is 2.29. The molecule has 0 unspecified atom stereocenters. The molecule has 1 saturated heterocycles. The molecule has 0 aromatic rings. The molecule has 0 saturated carbocycles. The summed E-state index contributed by atoms with van der Waals surface area (Å²) in [5, 5.41) is 0. The Bertz CT molecular complexity index is 86.6. The molecule has 0 aromatic heterocycles. The Morgan fingerprint density at radius 3 is 2.38 bits per heavy atom. The largest absolute Gasteiger partial charge is 0.374 e. The van der Waals surface area contributed by atoms with Gasteiger partial charge in [-0.3, -0.25) is 0 Å². The third-order valence-corrected chi connectivity index (χ3v) is 1.16. The van der Waals surface area contributed by atoms with Gasteiger partial charge in [-0.2, -0.15) is 0 Å². The molecule has 1 fully saturated rings. The van der Waals surface area contributed by atoms with Crippen molar-refractivity contribution in [2.75, 3.05) is 13.1 Å². The lowest BCUT2D eigenvalue weighted by Gasteiger charge is -1.92. The van der Waals surface area contributed by atoms with Crippen molar-refractivity contribution < 1.29 is 0 Å². The minimum atomic E-state index is 0.704. The molecule has 1 rings (SSSR count). The van der Waals surface area contributed by atoms with Gasteiger partial charge < -0.3 is 4.90 Å². The Morgan fingerprint density at radius 1 is 1.38 bits per heavy atom.